The summed E-state index contributed by atoms with van der Waals surface area (Å²) in [7, 11) is 1.90. The smallest absolute Gasteiger partial charge is 0.255 e. The maximum atomic E-state index is 12.5. The monoisotopic (exact) mass is 339 g/mol. The van der Waals surface area contributed by atoms with E-state index in [1.54, 1.807) is 16.0 Å². The van der Waals surface area contributed by atoms with Crippen LogP contribution in [0.1, 0.15) is 34.8 Å². The van der Waals surface area contributed by atoms with Gasteiger partial charge in [0, 0.05) is 30.7 Å². The van der Waals surface area contributed by atoms with E-state index in [9.17, 15) is 4.79 Å². The molecule has 100 valence electrons. The molecule has 1 fully saturated rings. The van der Waals surface area contributed by atoms with Crippen LogP contribution in [0.3, 0.4) is 0 Å². The lowest BCUT2D eigenvalue weighted by molar-refractivity contribution is 0.0736. The highest BCUT2D eigenvalue weighted by atomic mass is 79.9. The van der Waals surface area contributed by atoms with E-state index >= 15 is 0 Å². The molecule has 0 bridgehead atoms. The average Bonchev–Trinajstić information content (AvgIpc) is 3.07. The third kappa shape index (κ3) is 2.47. The Balaban J connectivity index is 1.85. The summed E-state index contributed by atoms with van der Waals surface area (Å²) in [5.41, 5.74) is 1.90. The van der Waals surface area contributed by atoms with Crippen LogP contribution in [0.4, 0.5) is 0 Å². The lowest BCUT2D eigenvalue weighted by atomic mass is 10.1. The van der Waals surface area contributed by atoms with Gasteiger partial charge < -0.3 is 4.90 Å². The van der Waals surface area contributed by atoms with Gasteiger partial charge in [-0.05, 0) is 34.8 Å². The molecule has 0 unspecified atom stereocenters. The first-order valence-corrected chi connectivity index (χ1v) is 7.86. The number of nitrogens with zero attached hydrogens (tertiary/aromatic N) is 3. The van der Waals surface area contributed by atoms with Gasteiger partial charge in [0.05, 0.1) is 21.6 Å². The van der Waals surface area contributed by atoms with Crippen molar-refractivity contribution in [2.24, 2.45) is 7.05 Å². The summed E-state index contributed by atoms with van der Waals surface area (Å²) >= 11 is 4.95. The van der Waals surface area contributed by atoms with Crippen LogP contribution in [0, 0.1) is 0 Å². The van der Waals surface area contributed by atoms with Gasteiger partial charge in [0.2, 0.25) is 0 Å². The van der Waals surface area contributed by atoms with Gasteiger partial charge in [-0.1, -0.05) is 0 Å². The zero-order valence-corrected chi connectivity index (χ0v) is 12.9. The molecule has 0 aromatic carbocycles. The first-order valence-electron chi connectivity index (χ1n) is 6.18. The Morgan fingerprint density at radius 3 is 3.05 bits per heavy atom. The molecule has 2 aromatic rings. The zero-order valence-electron chi connectivity index (χ0n) is 10.5. The van der Waals surface area contributed by atoms with Gasteiger partial charge >= 0.3 is 0 Å². The summed E-state index contributed by atoms with van der Waals surface area (Å²) in [6.45, 7) is 0.825. The number of halogens is 1. The third-order valence-electron chi connectivity index (χ3n) is 3.44. The van der Waals surface area contributed by atoms with E-state index in [2.05, 4.69) is 21.0 Å². The number of aromatic nitrogens is 2. The predicted octanol–water partition coefficient (Wildman–Crippen LogP) is 3.22. The van der Waals surface area contributed by atoms with E-state index in [1.165, 1.54) is 0 Å². The first kappa shape index (κ1) is 12.9. The standard InChI is InChI=1S/C13H14BrN3OS/c1-16-7-10(6-15-16)11-3-2-4-17(11)13(18)9-5-12(14)19-8-9/h5-8,11H,2-4H2,1H3/t11-/m1/s1. The SMILES string of the molecule is Cn1cc([C@H]2CCCN2C(=O)c2csc(Br)c2)cn1. The number of rotatable bonds is 2. The zero-order chi connectivity index (χ0) is 13.4. The van der Waals surface area contributed by atoms with Crippen molar-refractivity contribution < 1.29 is 4.79 Å². The van der Waals surface area contributed by atoms with Crippen LogP contribution < -0.4 is 0 Å². The fourth-order valence-corrected chi connectivity index (χ4v) is 3.69. The van der Waals surface area contributed by atoms with Gasteiger partial charge in [0.25, 0.3) is 5.91 Å². The Kier molecular flexibility index (Phi) is 3.45. The molecule has 2 aromatic heterocycles. The maximum Gasteiger partial charge on any atom is 0.255 e. The molecule has 1 aliphatic heterocycles. The van der Waals surface area contributed by atoms with Gasteiger partial charge in [-0.15, -0.1) is 11.3 Å². The van der Waals surface area contributed by atoms with Crippen molar-refractivity contribution >= 4 is 33.2 Å². The second kappa shape index (κ2) is 5.09. The van der Waals surface area contributed by atoms with Gasteiger partial charge in [-0.25, -0.2) is 0 Å². The molecule has 0 spiro atoms. The molecule has 0 saturated carbocycles. The van der Waals surface area contributed by atoms with Crippen molar-refractivity contribution in [2.75, 3.05) is 6.54 Å². The fraction of sp³-hybridized carbons (Fsp3) is 0.385. The number of hydrogen-bond donors (Lipinski definition) is 0. The van der Waals surface area contributed by atoms with Crippen LogP contribution in [0.2, 0.25) is 0 Å². The summed E-state index contributed by atoms with van der Waals surface area (Å²) in [6, 6.07) is 2.06. The number of amides is 1. The van der Waals surface area contributed by atoms with Gasteiger partial charge in [0.1, 0.15) is 0 Å². The summed E-state index contributed by atoms with van der Waals surface area (Å²) in [4.78, 5) is 14.5. The molecule has 3 heterocycles. The van der Waals surface area contributed by atoms with Crippen molar-refractivity contribution in [3.8, 4) is 0 Å². The van der Waals surface area contributed by atoms with E-state index in [0.29, 0.717) is 0 Å². The van der Waals surface area contributed by atoms with Crippen molar-refractivity contribution in [1.82, 2.24) is 14.7 Å². The summed E-state index contributed by atoms with van der Waals surface area (Å²) in [5.74, 6) is 0.119. The Morgan fingerprint density at radius 2 is 2.42 bits per heavy atom. The lowest BCUT2D eigenvalue weighted by Crippen LogP contribution is -2.30. The summed E-state index contributed by atoms with van der Waals surface area (Å²) in [5, 5.41) is 6.11. The van der Waals surface area contributed by atoms with Gasteiger partial charge in [-0.2, -0.15) is 5.10 Å². The second-order valence-electron chi connectivity index (χ2n) is 4.74. The number of thiophene rings is 1. The quantitative estimate of drug-likeness (QED) is 0.842. The number of carbonyl (C=O) groups excluding carboxylic acids is 1. The van der Waals surface area contributed by atoms with Crippen LogP contribution >= 0.6 is 27.3 Å². The minimum Gasteiger partial charge on any atom is -0.331 e. The van der Waals surface area contributed by atoms with E-state index in [1.807, 2.05) is 35.8 Å². The van der Waals surface area contributed by atoms with E-state index < -0.39 is 0 Å². The number of carbonyl (C=O) groups is 1. The molecular weight excluding hydrogens is 326 g/mol. The molecule has 19 heavy (non-hydrogen) atoms. The molecule has 0 N–H and O–H groups in total. The van der Waals surface area contributed by atoms with Crippen LogP contribution in [0.5, 0.6) is 0 Å². The first-order chi connectivity index (χ1) is 9.15. The molecular formula is C13H14BrN3OS. The summed E-state index contributed by atoms with van der Waals surface area (Å²) < 4.78 is 2.78. The third-order valence-corrected chi connectivity index (χ3v) is 4.94. The largest absolute Gasteiger partial charge is 0.331 e. The number of aryl methyl sites for hydroxylation is 1. The van der Waals surface area contributed by atoms with E-state index in [-0.39, 0.29) is 11.9 Å². The summed E-state index contributed by atoms with van der Waals surface area (Å²) in [6.07, 6.45) is 5.93. The van der Waals surface area contributed by atoms with Crippen molar-refractivity contribution in [1.29, 1.82) is 0 Å². The van der Waals surface area contributed by atoms with E-state index in [4.69, 9.17) is 0 Å². The van der Waals surface area contributed by atoms with Crippen molar-refractivity contribution in [2.45, 2.75) is 18.9 Å². The van der Waals surface area contributed by atoms with Gasteiger partial charge in [-0.3, -0.25) is 9.48 Å². The normalized spacial score (nSPS) is 19.1. The number of hydrogen-bond acceptors (Lipinski definition) is 3. The fourth-order valence-electron chi connectivity index (χ4n) is 2.56. The number of likely N-dealkylation sites (tertiary alicyclic amines) is 1. The highest BCUT2D eigenvalue weighted by Gasteiger charge is 2.31. The molecule has 1 atom stereocenters. The molecule has 1 amide bonds. The molecule has 3 rings (SSSR count). The minimum atomic E-state index is 0.119. The van der Waals surface area contributed by atoms with Crippen molar-refractivity contribution in [3.05, 3.63) is 38.8 Å². The molecule has 6 heteroatoms. The second-order valence-corrected chi connectivity index (χ2v) is 7.03. The van der Waals surface area contributed by atoms with Crippen LogP contribution in [0.25, 0.3) is 0 Å². The molecule has 0 aliphatic carbocycles. The Bertz CT molecular complexity index is 607. The van der Waals surface area contributed by atoms with E-state index in [0.717, 1.165) is 34.3 Å². The average molecular weight is 340 g/mol. The molecule has 4 nitrogen and oxygen atoms in total. The van der Waals surface area contributed by atoms with Crippen LogP contribution in [-0.4, -0.2) is 27.1 Å². The Hall–Kier alpha value is -1.14. The van der Waals surface area contributed by atoms with Gasteiger partial charge in [0.15, 0.2) is 0 Å². The van der Waals surface area contributed by atoms with Crippen LogP contribution in [-0.2, 0) is 7.05 Å². The lowest BCUT2D eigenvalue weighted by Gasteiger charge is -2.23. The highest BCUT2D eigenvalue weighted by molar-refractivity contribution is 9.11. The topological polar surface area (TPSA) is 38.1 Å². The molecule has 0 radical (unpaired) electrons. The maximum absolute atomic E-state index is 12.5. The molecule has 1 aliphatic rings. The highest BCUT2D eigenvalue weighted by Crippen LogP contribution is 2.33. The Morgan fingerprint density at radius 1 is 1.58 bits per heavy atom. The molecule has 1 saturated heterocycles. The predicted molar refractivity (Wildman–Crippen MR) is 78.2 cm³/mol. The van der Waals surface area contributed by atoms with Crippen LogP contribution in [0.15, 0.2) is 27.6 Å². The Labute approximate surface area is 124 Å². The minimum absolute atomic E-state index is 0.119. The van der Waals surface area contributed by atoms with Crippen molar-refractivity contribution in [3.63, 3.8) is 0 Å².